The number of halogens is 1. The van der Waals surface area contributed by atoms with Crippen LogP contribution < -0.4 is 16.0 Å². The lowest BCUT2D eigenvalue weighted by Gasteiger charge is -2.16. The summed E-state index contributed by atoms with van der Waals surface area (Å²) in [6, 6.07) is 9.20. The van der Waals surface area contributed by atoms with Gasteiger partial charge in [-0.3, -0.25) is 0 Å². The third-order valence-electron chi connectivity index (χ3n) is 3.98. The molecule has 0 bridgehead atoms. The zero-order valence-corrected chi connectivity index (χ0v) is 13.8. The molecule has 0 aliphatic carbocycles. The molecule has 0 spiro atoms. The van der Waals surface area contributed by atoms with Crippen molar-refractivity contribution in [1.82, 2.24) is 9.97 Å². The maximum atomic E-state index is 13.3. The molecule has 1 aliphatic rings. The molecule has 1 atom stereocenters. The number of hydrogen-bond acceptors (Lipinski definition) is 6. The van der Waals surface area contributed by atoms with Crippen LogP contribution in [0.1, 0.15) is 12.0 Å². The standard InChI is InChI=1S/C18H21FN6/c19-14-6-8-25(12-14)18-5-4-13(10-24-18)16(21)9-15(20)11-23-17-3-1-2-7-22-17/h1-5,7,9-10,14,21H,6,8,11-12,20H2,(H,22,23)/b15-9-,21-16?/t14-/m0/s1. The minimum absolute atomic E-state index is 0.282. The van der Waals surface area contributed by atoms with Crippen LogP contribution in [0.5, 0.6) is 0 Å². The smallest absolute Gasteiger partial charge is 0.128 e. The molecule has 4 N–H and O–H groups in total. The number of rotatable bonds is 6. The maximum absolute atomic E-state index is 13.3. The first-order valence-electron chi connectivity index (χ1n) is 8.17. The second-order valence-electron chi connectivity index (χ2n) is 5.94. The molecule has 130 valence electrons. The fourth-order valence-corrected chi connectivity index (χ4v) is 2.64. The molecular formula is C18H21FN6. The monoisotopic (exact) mass is 340 g/mol. The van der Waals surface area contributed by atoms with E-state index in [1.54, 1.807) is 18.5 Å². The highest BCUT2D eigenvalue weighted by atomic mass is 19.1. The third-order valence-corrected chi connectivity index (χ3v) is 3.98. The highest BCUT2D eigenvalue weighted by Crippen LogP contribution is 2.20. The highest BCUT2D eigenvalue weighted by Gasteiger charge is 2.22. The van der Waals surface area contributed by atoms with Crippen molar-refractivity contribution in [2.75, 3.05) is 29.9 Å². The molecule has 2 aromatic heterocycles. The van der Waals surface area contributed by atoms with Gasteiger partial charge in [-0.05, 0) is 36.8 Å². The van der Waals surface area contributed by atoms with Crippen molar-refractivity contribution < 1.29 is 4.39 Å². The third kappa shape index (κ3) is 4.53. The van der Waals surface area contributed by atoms with E-state index in [0.29, 0.717) is 37.3 Å². The molecule has 2 aromatic rings. The van der Waals surface area contributed by atoms with Crippen molar-refractivity contribution in [3.8, 4) is 0 Å². The Hall–Kier alpha value is -2.96. The SMILES string of the molecule is N=C(/C=C(\N)CNc1ccccn1)c1ccc(N2CC[C@H](F)C2)nc1. The van der Waals surface area contributed by atoms with Gasteiger partial charge in [0.05, 0.1) is 18.8 Å². The quantitative estimate of drug-likeness (QED) is 0.702. The maximum Gasteiger partial charge on any atom is 0.128 e. The molecule has 1 fully saturated rings. The van der Waals surface area contributed by atoms with Gasteiger partial charge in [-0.2, -0.15) is 0 Å². The Bertz CT molecular complexity index is 744. The van der Waals surface area contributed by atoms with Crippen molar-refractivity contribution in [1.29, 1.82) is 5.41 Å². The molecule has 1 saturated heterocycles. The number of anilines is 2. The fourth-order valence-electron chi connectivity index (χ4n) is 2.64. The van der Waals surface area contributed by atoms with Gasteiger partial charge in [-0.25, -0.2) is 14.4 Å². The fraction of sp³-hybridized carbons (Fsp3) is 0.278. The lowest BCUT2D eigenvalue weighted by molar-refractivity contribution is 0.364. The molecule has 0 unspecified atom stereocenters. The average Bonchev–Trinajstić information content (AvgIpc) is 3.07. The van der Waals surface area contributed by atoms with Gasteiger partial charge in [0.2, 0.25) is 0 Å². The number of allylic oxidation sites excluding steroid dienone is 1. The first-order chi connectivity index (χ1) is 12.1. The molecule has 3 heterocycles. The molecule has 0 aromatic carbocycles. The van der Waals surface area contributed by atoms with Crippen LogP contribution in [0.4, 0.5) is 16.0 Å². The Labute approximate surface area is 146 Å². The van der Waals surface area contributed by atoms with E-state index in [2.05, 4.69) is 15.3 Å². The summed E-state index contributed by atoms with van der Waals surface area (Å²) in [6.45, 7) is 1.46. The van der Waals surface area contributed by atoms with Crippen LogP contribution in [0.15, 0.2) is 54.5 Å². The number of aromatic nitrogens is 2. The van der Waals surface area contributed by atoms with E-state index >= 15 is 0 Å². The van der Waals surface area contributed by atoms with E-state index in [4.69, 9.17) is 11.1 Å². The van der Waals surface area contributed by atoms with Crippen LogP contribution in [0.3, 0.4) is 0 Å². The molecule has 0 saturated carbocycles. The summed E-state index contributed by atoms with van der Waals surface area (Å²) < 4.78 is 13.3. The van der Waals surface area contributed by atoms with Gasteiger partial charge < -0.3 is 21.4 Å². The van der Waals surface area contributed by atoms with Crippen molar-refractivity contribution in [3.63, 3.8) is 0 Å². The topological polar surface area (TPSA) is 90.9 Å². The Morgan fingerprint density at radius 1 is 1.36 bits per heavy atom. The minimum atomic E-state index is -0.783. The molecule has 0 amide bonds. The Morgan fingerprint density at radius 2 is 2.24 bits per heavy atom. The number of hydrogen-bond donors (Lipinski definition) is 3. The second-order valence-corrected chi connectivity index (χ2v) is 5.94. The van der Waals surface area contributed by atoms with Crippen molar-refractivity contribution in [2.24, 2.45) is 5.73 Å². The second kappa shape index (κ2) is 7.74. The summed E-state index contributed by atoms with van der Waals surface area (Å²) in [4.78, 5) is 10.4. The van der Waals surface area contributed by atoms with Gasteiger partial charge in [0.15, 0.2) is 0 Å². The van der Waals surface area contributed by atoms with Crippen LogP contribution in [0, 0.1) is 5.41 Å². The molecular weight excluding hydrogens is 319 g/mol. The van der Waals surface area contributed by atoms with Gasteiger partial charge in [0.25, 0.3) is 0 Å². The van der Waals surface area contributed by atoms with Crippen molar-refractivity contribution >= 4 is 17.3 Å². The number of nitrogens with two attached hydrogens (primary N) is 1. The van der Waals surface area contributed by atoms with E-state index in [-0.39, 0.29) is 5.71 Å². The van der Waals surface area contributed by atoms with Crippen molar-refractivity contribution in [3.05, 3.63) is 60.1 Å². The molecule has 7 heteroatoms. The summed E-state index contributed by atoms with van der Waals surface area (Å²) in [6.07, 6.45) is 4.68. The average molecular weight is 340 g/mol. The molecule has 0 radical (unpaired) electrons. The van der Waals surface area contributed by atoms with Crippen LogP contribution in [-0.4, -0.2) is 41.5 Å². The Balaban J connectivity index is 1.58. The predicted octanol–water partition coefficient (Wildman–Crippen LogP) is 2.35. The van der Waals surface area contributed by atoms with Crippen LogP contribution in [0.25, 0.3) is 0 Å². The number of alkyl halides is 1. The Morgan fingerprint density at radius 3 is 2.88 bits per heavy atom. The normalized spacial score (nSPS) is 17.6. The minimum Gasteiger partial charge on any atom is -0.401 e. The number of nitrogens with zero attached hydrogens (tertiary/aromatic N) is 3. The highest BCUT2D eigenvalue weighted by molar-refractivity contribution is 6.06. The lowest BCUT2D eigenvalue weighted by Crippen LogP contribution is -2.21. The predicted molar refractivity (Wildman–Crippen MR) is 97.8 cm³/mol. The van der Waals surface area contributed by atoms with E-state index < -0.39 is 6.17 Å². The van der Waals surface area contributed by atoms with Gasteiger partial charge in [0.1, 0.15) is 17.8 Å². The zero-order chi connectivity index (χ0) is 17.6. The van der Waals surface area contributed by atoms with Gasteiger partial charge in [-0.1, -0.05) is 6.07 Å². The zero-order valence-electron chi connectivity index (χ0n) is 13.8. The van der Waals surface area contributed by atoms with E-state index in [9.17, 15) is 4.39 Å². The lowest BCUT2D eigenvalue weighted by atomic mass is 10.1. The first-order valence-corrected chi connectivity index (χ1v) is 8.17. The van der Waals surface area contributed by atoms with Crippen LogP contribution >= 0.6 is 0 Å². The van der Waals surface area contributed by atoms with E-state index in [1.165, 1.54) is 0 Å². The molecule has 25 heavy (non-hydrogen) atoms. The molecule has 1 aliphatic heterocycles. The van der Waals surface area contributed by atoms with Gasteiger partial charge in [-0.15, -0.1) is 0 Å². The summed E-state index contributed by atoms with van der Waals surface area (Å²) in [7, 11) is 0. The first kappa shape index (κ1) is 16.9. The molecule has 6 nitrogen and oxygen atoms in total. The molecule has 3 rings (SSSR count). The van der Waals surface area contributed by atoms with Crippen LogP contribution in [-0.2, 0) is 0 Å². The number of pyridine rings is 2. The summed E-state index contributed by atoms with van der Waals surface area (Å²) >= 11 is 0. The van der Waals surface area contributed by atoms with Gasteiger partial charge in [0, 0.05) is 30.2 Å². The summed E-state index contributed by atoms with van der Waals surface area (Å²) in [5, 5.41) is 11.2. The van der Waals surface area contributed by atoms with E-state index in [1.807, 2.05) is 35.2 Å². The summed E-state index contributed by atoms with van der Waals surface area (Å²) in [5.41, 5.74) is 7.44. The summed E-state index contributed by atoms with van der Waals surface area (Å²) in [5.74, 6) is 1.47. The van der Waals surface area contributed by atoms with Gasteiger partial charge >= 0.3 is 0 Å². The van der Waals surface area contributed by atoms with Crippen molar-refractivity contribution in [2.45, 2.75) is 12.6 Å². The van der Waals surface area contributed by atoms with E-state index in [0.717, 1.165) is 11.6 Å². The Kier molecular flexibility index (Phi) is 5.23. The van der Waals surface area contributed by atoms with Crippen LogP contribution in [0.2, 0.25) is 0 Å². The largest absolute Gasteiger partial charge is 0.401 e. The number of nitrogens with one attached hydrogen (secondary N) is 2.